The Hall–Kier alpha value is -1.04. The zero-order valence-corrected chi connectivity index (χ0v) is 18.4. The monoisotopic (exact) mass is 436 g/mol. The Morgan fingerprint density at radius 3 is 2.73 bits per heavy atom. The molecule has 1 aromatic carbocycles. The number of nitrogens with zero attached hydrogens (tertiary/aromatic N) is 1. The fourth-order valence-corrected chi connectivity index (χ4v) is 5.37. The van der Waals surface area contributed by atoms with Gasteiger partial charge in [-0.15, -0.1) is 11.3 Å². The Labute approximate surface area is 169 Å². The van der Waals surface area contributed by atoms with Crippen molar-refractivity contribution in [2.75, 3.05) is 32.1 Å². The first-order chi connectivity index (χ1) is 12.6. The summed E-state index contributed by atoms with van der Waals surface area (Å²) in [6.45, 7) is 7.45. The Balaban J connectivity index is 1.80. The molecule has 1 N–H and O–H groups in total. The molecule has 0 amide bonds. The van der Waals surface area contributed by atoms with Crippen molar-refractivity contribution in [2.24, 2.45) is 0 Å². The van der Waals surface area contributed by atoms with E-state index in [0.29, 0.717) is 6.04 Å². The van der Waals surface area contributed by atoms with Crippen LogP contribution in [0.2, 0.25) is 0 Å². The van der Waals surface area contributed by atoms with Crippen molar-refractivity contribution >= 4 is 33.0 Å². The third-order valence-corrected chi connectivity index (χ3v) is 7.25. The lowest BCUT2D eigenvalue weighted by atomic mass is 10.0. The van der Waals surface area contributed by atoms with Crippen LogP contribution >= 0.6 is 27.3 Å². The van der Waals surface area contributed by atoms with Crippen LogP contribution in [0.5, 0.6) is 5.75 Å². The van der Waals surface area contributed by atoms with E-state index in [0.717, 1.165) is 29.7 Å². The summed E-state index contributed by atoms with van der Waals surface area (Å²) < 4.78 is 7.12. The van der Waals surface area contributed by atoms with Crippen LogP contribution in [-0.4, -0.2) is 37.7 Å². The van der Waals surface area contributed by atoms with E-state index < -0.39 is 0 Å². The van der Waals surface area contributed by atoms with Crippen molar-refractivity contribution in [3.63, 3.8) is 0 Å². The van der Waals surface area contributed by atoms with Crippen molar-refractivity contribution in [1.29, 1.82) is 0 Å². The SMILES string of the molecule is CCCOc1c(CC)sc(-c2cccc(NC3CCN(C)CC3)c2)c1Br. The first kappa shape index (κ1) is 19.7. The van der Waals surface area contributed by atoms with Gasteiger partial charge < -0.3 is 15.0 Å². The molecular formula is C21H29BrN2OS. The molecule has 0 saturated carbocycles. The highest BCUT2D eigenvalue weighted by molar-refractivity contribution is 9.10. The third-order valence-electron chi connectivity index (χ3n) is 4.86. The van der Waals surface area contributed by atoms with Crippen LogP contribution < -0.4 is 10.1 Å². The Morgan fingerprint density at radius 1 is 1.27 bits per heavy atom. The van der Waals surface area contributed by atoms with Crippen LogP contribution in [0.4, 0.5) is 5.69 Å². The maximum absolute atomic E-state index is 6.02. The molecule has 2 heterocycles. The largest absolute Gasteiger partial charge is 0.491 e. The predicted octanol–water partition coefficient (Wildman–Crippen LogP) is 6.03. The van der Waals surface area contributed by atoms with E-state index >= 15 is 0 Å². The number of thiophene rings is 1. The van der Waals surface area contributed by atoms with E-state index in [1.807, 2.05) is 11.3 Å². The fourth-order valence-electron chi connectivity index (χ4n) is 3.35. The Morgan fingerprint density at radius 2 is 2.04 bits per heavy atom. The molecule has 0 unspecified atom stereocenters. The molecule has 142 valence electrons. The first-order valence-electron chi connectivity index (χ1n) is 9.61. The molecule has 1 fully saturated rings. The zero-order valence-electron chi connectivity index (χ0n) is 16.0. The van der Waals surface area contributed by atoms with Crippen LogP contribution in [0.25, 0.3) is 10.4 Å². The van der Waals surface area contributed by atoms with E-state index in [1.54, 1.807) is 0 Å². The van der Waals surface area contributed by atoms with Gasteiger partial charge in [0, 0.05) is 16.6 Å². The minimum atomic E-state index is 0.572. The van der Waals surface area contributed by atoms with Gasteiger partial charge in [-0.2, -0.15) is 0 Å². The second-order valence-corrected chi connectivity index (χ2v) is 8.90. The number of likely N-dealkylation sites (tertiary alicyclic amines) is 1. The van der Waals surface area contributed by atoms with E-state index in [4.69, 9.17) is 4.74 Å². The van der Waals surface area contributed by atoms with E-state index in [2.05, 4.69) is 71.3 Å². The molecular weight excluding hydrogens is 408 g/mol. The average Bonchev–Trinajstić information content (AvgIpc) is 2.98. The van der Waals surface area contributed by atoms with Crippen molar-refractivity contribution in [1.82, 2.24) is 4.90 Å². The lowest BCUT2D eigenvalue weighted by molar-refractivity contribution is 0.264. The predicted molar refractivity (Wildman–Crippen MR) is 117 cm³/mol. The standard InChI is InChI=1S/C21H29BrN2OS/c1-4-13-25-20-18(5-2)26-21(19(20)22)15-7-6-8-17(14-15)23-16-9-11-24(3)12-10-16/h6-8,14,16,23H,4-5,9-13H2,1-3H3. The summed E-state index contributed by atoms with van der Waals surface area (Å²) in [7, 11) is 2.20. The molecule has 1 saturated heterocycles. The first-order valence-corrected chi connectivity index (χ1v) is 11.2. The highest BCUT2D eigenvalue weighted by atomic mass is 79.9. The number of benzene rings is 1. The van der Waals surface area contributed by atoms with Gasteiger partial charge in [0.1, 0.15) is 5.75 Å². The van der Waals surface area contributed by atoms with Crippen LogP contribution in [0.15, 0.2) is 28.7 Å². The summed E-state index contributed by atoms with van der Waals surface area (Å²) in [5.41, 5.74) is 2.47. The quantitative estimate of drug-likeness (QED) is 0.572. The number of nitrogens with one attached hydrogen (secondary N) is 1. The number of ether oxygens (including phenoxy) is 1. The van der Waals surface area contributed by atoms with Crippen LogP contribution in [-0.2, 0) is 6.42 Å². The summed E-state index contributed by atoms with van der Waals surface area (Å²) in [6.07, 6.45) is 4.43. The highest BCUT2D eigenvalue weighted by Crippen LogP contribution is 2.46. The van der Waals surface area contributed by atoms with Crippen LogP contribution in [0.1, 0.15) is 38.0 Å². The number of aryl methyl sites for hydroxylation is 1. The minimum Gasteiger partial charge on any atom is -0.491 e. The number of rotatable bonds is 7. The topological polar surface area (TPSA) is 24.5 Å². The normalized spacial score (nSPS) is 16.0. The summed E-state index contributed by atoms with van der Waals surface area (Å²) in [5, 5.41) is 3.73. The van der Waals surface area contributed by atoms with Gasteiger partial charge in [0.2, 0.25) is 0 Å². The number of anilines is 1. The van der Waals surface area contributed by atoms with Gasteiger partial charge in [0.15, 0.2) is 0 Å². The second kappa shape index (κ2) is 9.25. The highest BCUT2D eigenvalue weighted by Gasteiger charge is 2.19. The molecule has 5 heteroatoms. The van der Waals surface area contributed by atoms with Crippen LogP contribution in [0.3, 0.4) is 0 Å². The molecule has 0 atom stereocenters. The summed E-state index contributed by atoms with van der Waals surface area (Å²) in [5.74, 6) is 1.03. The van der Waals surface area contributed by atoms with Gasteiger partial charge in [0.25, 0.3) is 0 Å². The third kappa shape index (κ3) is 4.62. The van der Waals surface area contributed by atoms with Crippen LogP contribution in [0, 0.1) is 0 Å². The molecule has 3 nitrogen and oxygen atoms in total. The number of piperidine rings is 1. The van der Waals surface area contributed by atoms with Gasteiger partial charge >= 0.3 is 0 Å². The van der Waals surface area contributed by atoms with Gasteiger partial charge in [-0.05, 0) is 79.4 Å². The fraction of sp³-hybridized carbons (Fsp3) is 0.524. The Bertz CT molecular complexity index is 723. The van der Waals surface area contributed by atoms with Crippen molar-refractivity contribution in [2.45, 2.75) is 45.6 Å². The van der Waals surface area contributed by atoms with Gasteiger partial charge in [-0.3, -0.25) is 0 Å². The number of halogens is 1. The molecule has 26 heavy (non-hydrogen) atoms. The lowest BCUT2D eigenvalue weighted by Crippen LogP contribution is -2.36. The molecule has 0 aliphatic carbocycles. The Kier molecular flexibility index (Phi) is 7.01. The molecule has 0 bridgehead atoms. The molecule has 1 aliphatic heterocycles. The molecule has 1 aromatic heterocycles. The molecule has 1 aliphatic rings. The minimum absolute atomic E-state index is 0.572. The van der Waals surface area contributed by atoms with Crippen molar-refractivity contribution < 1.29 is 4.74 Å². The van der Waals surface area contributed by atoms with Gasteiger partial charge in [-0.1, -0.05) is 26.0 Å². The second-order valence-electron chi connectivity index (χ2n) is 7.00. The van der Waals surface area contributed by atoms with E-state index in [1.165, 1.54) is 46.9 Å². The maximum Gasteiger partial charge on any atom is 0.147 e. The summed E-state index contributed by atoms with van der Waals surface area (Å²) >= 11 is 5.64. The summed E-state index contributed by atoms with van der Waals surface area (Å²) in [6, 6.07) is 9.37. The van der Waals surface area contributed by atoms with Gasteiger partial charge in [0.05, 0.1) is 16.0 Å². The lowest BCUT2D eigenvalue weighted by Gasteiger charge is -2.30. The zero-order chi connectivity index (χ0) is 18.5. The number of hydrogen-bond donors (Lipinski definition) is 1. The van der Waals surface area contributed by atoms with E-state index in [-0.39, 0.29) is 0 Å². The molecule has 3 rings (SSSR count). The van der Waals surface area contributed by atoms with Crippen molar-refractivity contribution in [3.05, 3.63) is 33.6 Å². The maximum atomic E-state index is 6.02. The average molecular weight is 437 g/mol. The smallest absolute Gasteiger partial charge is 0.147 e. The number of hydrogen-bond acceptors (Lipinski definition) is 4. The van der Waals surface area contributed by atoms with Gasteiger partial charge in [-0.25, -0.2) is 0 Å². The van der Waals surface area contributed by atoms with Crippen molar-refractivity contribution in [3.8, 4) is 16.2 Å². The molecule has 0 radical (unpaired) electrons. The summed E-state index contributed by atoms with van der Waals surface area (Å²) in [4.78, 5) is 4.98. The molecule has 2 aromatic rings. The van der Waals surface area contributed by atoms with E-state index in [9.17, 15) is 0 Å². The molecule has 0 spiro atoms.